The number of benzene rings is 2. The Labute approximate surface area is 193 Å². The van der Waals surface area contributed by atoms with Gasteiger partial charge in [0.2, 0.25) is 5.91 Å². The van der Waals surface area contributed by atoms with Crippen molar-refractivity contribution in [3.63, 3.8) is 0 Å². The van der Waals surface area contributed by atoms with E-state index in [9.17, 15) is 4.79 Å². The maximum atomic E-state index is 13.7. The maximum absolute atomic E-state index is 13.7. The van der Waals surface area contributed by atoms with Crippen molar-refractivity contribution >= 4 is 11.6 Å². The van der Waals surface area contributed by atoms with E-state index in [4.69, 9.17) is 23.7 Å². The Morgan fingerprint density at radius 2 is 1.97 bits per heavy atom. The van der Waals surface area contributed by atoms with E-state index in [1.54, 1.807) is 20.3 Å². The van der Waals surface area contributed by atoms with Crippen molar-refractivity contribution in [1.29, 1.82) is 0 Å². The van der Waals surface area contributed by atoms with Gasteiger partial charge in [-0.05, 0) is 44.0 Å². The molecule has 7 nitrogen and oxygen atoms in total. The molecule has 1 N–H and O–H groups in total. The van der Waals surface area contributed by atoms with E-state index in [1.165, 1.54) is 0 Å². The van der Waals surface area contributed by atoms with Crippen LogP contribution in [0.15, 0.2) is 36.4 Å². The Morgan fingerprint density at radius 1 is 1.21 bits per heavy atom. The molecule has 2 aliphatic heterocycles. The molecule has 0 aromatic heterocycles. The van der Waals surface area contributed by atoms with Crippen LogP contribution < -0.4 is 29.0 Å². The molecule has 3 atom stereocenters. The molecule has 1 fully saturated rings. The summed E-state index contributed by atoms with van der Waals surface area (Å²) in [4.78, 5) is 13.7. The molecule has 1 amide bonds. The lowest BCUT2D eigenvalue weighted by Crippen LogP contribution is -2.34. The van der Waals surface area contributed by atoms with E-state index in [2.05, 4.69) is 11.9 Å². The molecule has 33 heavy (non-hydrogen) atoms. The van der Waals surface area contributed by atoms with Crippen LogP contribution >= 0.6 is 0 Å². The first kappa shape index (κ1) is 21.5. The second kappa shape index (κ2) is 7.90. The van der Waals surface area contributed by atoms with E-state index in [1.807, 2.05) is 32.0 Å². The summed E-state index contributed by atoms with van der Waals surface area (Å²) in [5, 5.41) is 3.16. The maximum Gasteiger partial charge on any atom is 0.235 e. The minimum atomic E-state index is -0.660. The Morgan fingerprint density at radius 3 is 2.67 bits per heavy atom. The van der Waals surface area contributed by atoms with Crippen LogP contribution in [-0.2, 0) is 16.6 Å². The first-order valence-electron chi connectivity index (χ1n) is 11.2. The zero-order valence-electron chi connectivity index (χ0n) is 19.4. The lowest BCUT2D eigenvalue weighted by atomic mass is 9.89. The summed E-state index contributed by atoms with van der Waals surface area (Å²) in [6.45, 7) is 8.89. The number of carbonyl (C=O) groups is 1. The molecule has 2 aromatic carbocycles. The largest absolute Gasteiger partial charge is 0.493 e. The Hall–Kier alpha value is -3.35. The molecule has 7 heteroatoms. The van der Waals surface area contributed by atoms with Gasteiger partial charge in [-0.1, -0.05) is 6.58 Å². The van der Waals surface area contributed by atoms with Crippen LogP contribution in [0.3, 0.4) is 0 Å². The minimum absolute atomic E-state index is 0.0689. The summed E-state index contributed by atoms with van der Waals surface area (Å²) in [7, 11) is 3.17. The molecule has 0 radical (unpaired) electrons. The van der Waals surface area contributed by atoms with Crippen LogP contribution in [0.4, 0.5) is 5.69 Å². The van der Waals surface area contributed by atoms with Crippen molar-refractivity contribution in [2.24, 2.45) is 5.92 Å². The topological polar surface area (TPSA) is 75.3 Å². The summed E-state index contributed by atoms with van der Waals surface area (Å²) in [6.07, 6.45) is 1.31. The molecule has 2 aromatic rings. The second-order valence-corrected chi connectivity index (χ2v) is 8.85. The van der Waals surface area contributed by atoms with E-state index in [0.717, 1.165) is 28.9 Å². The smallest absolute Gasteiger partial charge is 0.235 e. The molecule has 1 saturated carbocycles. The lowest BCUT2D eigenvalue weighted by molar-refractivity contribution is -0.119. The van der Waals surface area contributed by atoms with Crippen molar-refractivity contribution in [2.75, 3.05) is 32.8 Å². The normalized spacial score (nSPS) is 23.8. The van der Waals surface area contributed by atoms with Crippen LogP contribution in [0.2, 0.25) is 0 Å². The van der Waals surface area contributed by atoms with Gasteiger partial charge >= 0.3 is 0 Å². The van der Waals surface area contributed by atoms with E-state index in [-0.39, 0.29) is 17.9 Å². The molecule has 0 bridgehead atoms. The number of methoxy groups -OCH3 is 2. The Kier molecular flexibility index (Phi) is 5.15. The van der Waals surface area contributed by atoms with Crippen LogP contribution in [0, 0.1) is 5.92 Å². The lowest BCUT2D eigenvalue weighted by Gasteiger charge is -2.27. The highest BCUT2D eigenvalue weighted by Gasteiger charge is 2.64. The van der Waals surface area contributed by atoms with Gasteiger partial charge in [0, 0.05) is 29.5 Å². The summed E-state index contributed by atoms with van der Waals surface area (Å²) in [5.41, 5.74) is 2.75. The van der Waals surface area contributed by atoms with Gasteiger partial charge in [-0.15, -0.1) is 0 Å². The van der Waals surface area contributed by atoms with Crippen molar-refractivity contribution in [3.05, 3.63) is 47.5 Å². The van der Waals surface area contributed by atoms with Crippen molar-refractivity contribution in [3.8, 4) is 28.7 Å². The molecular formula is C26H29NO6. The molecule has 2 unspecified atom stereocenters. The average molecular weight is 452 g/mol. The van der Waals surface area contributed by atoms with Gasteiger partial charge in [-0.2, -0.15) is 0 Å². The first-order valence-corrected chi connectivity index (χ1v) is 11.2. The number of hydrogen-bond acceptors (Lipinski definition) is 6. The predicted molar refractivity (Wildman–Crippen MR) is 124 cm³/mol. The van der Waals surface area contributed by atoms with Gasteiger partial charge in [0.25, 0.3) is 0 Å². The van der Waals surface area contributed by atoms with E-state index >= 15 is 0 Å². The summed E-state index contributed by atoms with van der Waals surface area (Å²) < 4.78 is 28.8. The Bertz CT molecular complexity index is 1140. The fourth-order valence-electron chi connectivity index (χ4n) is 4.99. The number of fused-ring (bicyclic) bond motifs is 4. The number of anilines is 1. The summed E-state index contributed by atoms with van der Waals surface area (Å²) in [6, 6.07) is 7.41. The van der Waals surface area contributed by atoms with Gasteiger partial charge in [0.05, 0.1) is 38.5 Å². The van der Waals surface area contributed by atoms with Crippen molar-refractivity contribution in [1.82, 2.24) is 0 Å². The van der Waals surface area contributed by atoms with Crippen LogP contribution in [0.25, 0.3) is 0 Å². The number of hydrogen-bond donors (Lipinski definition) is 1. The zero-order valence-corrected chi connectivity index (χ0v) is 19.4. The fraction of sp³-hybridized carbons (Fsp3) is 0.423. The number of carbonyl (C=O) groups excluding carboxylic acids is 1. The SMILES string of the molecule is C=C(C)[C@H]1Cc2c(ccc(NC(=O)C34CC3COc3cc(OC)c(OC)cc34)c2OCC)O1. The zero-order chi connectivity index (χ0) is 23.3. The third-order valence-corrected chi connectivity index (χ3v) is 6.88. The third-order valence-electron chi connectivity index (χ3n) is 6.88. The average Bonchev–Trinajstić information content (AvgIpc) is 3.42. The molecule has 0 saturated heterocycles. The van der Waals surface area contributed by atoms with Gasteiger partial charge in [-0.3, -0.25) is 4.79 Å². The van der Waals surface area contributed by atoms with Gasteiger partial charge in [0.15, 0.2) is 11.5 Å². The molecule has 3 aliphatic rings. The van der Waals surface area contributed by atoms with Crippen LogP contribution in [0.5, 0.6) is 28.7 Å². The van der Waals surface area contributed by atoms with E-state index in [0.29, 0.717) is 48.3 Å². The number of amides is 1. The molecule has 2 heterocycles. The standard InChI is InChI=1S/C26H29NO6/c1-6-31-24-16-9-20(14(2)3)33-19(16)8-7-18(24)27-25(28)26-12-15(26)13-32-21-11-23(30-5)22(29-4)10-17(21)26/h7-8,10-11,15,20H,2,6,9,12-13H2,1,3-5H3,(H,27,28)/t15?,20-,26?/m1/s1. The molecular weight excluding hydrogens is 422 g/mol. The van der Waals surface area contributed by atoms with Gasteiger partial charge < -0.3 is 29.0 Å². The van der Waals surface area contributed by atoms with Crippen LogP contribution in [-0.4, -0.2) is 39.4 Å². The summed E-state index contributed by atoms with van der Waals surface area (Å²) in [5.74, 6) is 3.31. The molecule has 0 spiro atoms. The third kappa shape index (κ3) is 3.29. The quantitative estimate of drug-likeness (QED) is 0.634. The highest BCUT2D eigenvalue weighted by atomic mass is 16.5. The van der Waals surface area contributed by atoms with Crippen molar-refractivity contribution < 1.29 is 28.5 Å². The highest BCUT2D eigenvalue weighted by Crippen LogP contribution is 2.61. The monoisotopic (exact) mass is 451 g/mol. The molecule has 174 valence electrons. The van der Waals surface area contributed by atoms with Crippen LogP contribution in [0.1, 0.15) is 31.4 Å². The van der Waals surface area contributed by atoms with Gasteiger partial charge in [-0.25, -0.2) is 0 Å². The summed E-state index contributed by atoms with van der Waals surface area (Å²) >= 11 is 0. The van der Waals surface area contributed by atoms with Crippen molar-refractivity contribution in [2.45, 2.75) is 38.2 Å². The molecule has 5 rings (SSSR count). The van der Waals surface area contributed by atoms with E-state index < -0.39 is 5.41 Å². The van der Waals surface area contributed by atoms with Gasteiger partial charge in [0.1, 0.15) is 23.4 Å². The highest BCUT2D eigenvalue weighted by molar-refractivity contribution is 6.04. The minimum Gasteiger partial charge on any atom is -0.493 e. The predicted octanol–water partition coefficient (Wildman–Crippen LogP) is 4.27. The number of rotatable bonds is 7. The number of ether oxygens (including phenoxy) is 5. The fourth-order valence-corrected chi connectivity index (χ4v) is 4.99. The Balaban J connectivity index is 1.49. The first-order chi connectivity index (χ1) is 15.9. The molecule has 1 aliphatic carbocycles. The second-order valence-electron chi connectivity index (χ2n) is 8.85. The number of nitrogens with one attached hydrogen (secondary N) is 1.